The summed E-state index contributed by atoms with van der Waals surface area (Å²) >= 11 is 0. The zero-order chi connectivity index (χ0) is 16.3. The van der Waals surface area contributed by atoms with Crippen molar-refractivity contribution < 1.29 is 4.79 Å². The summed E-state index contributed by atoms with van der Waals surface area (Å²) in [5.41, 5.74) is 2.11. The number of anilines is 1. The lowest BCUT2D eigenvalue weighted by Gasteiger charge is -2.11. The van der Waals surface area contributed by atoms with Gasteiger partial charge >= 0.3 is 0 Å². The van der Waals surface area contributed by atoms with Crippen LogP contribution in [0, 0.1) is 13.8 Å². The average Bonchev–Trinajstić information content (AvgIpc) is 2.44. The minimum absolute atomic E-state index is 0.0896. The summed E-state index contributed by atoms with van der Waals surface area (Å²) in [4.78, 5) is 32.7. The maximum absolute atomic E-state index is 12.2. The van der Waals surface area contributed by atoms with E-state index in [1.807, 2.05) is 43.3 Å². The zero-order valence-electron chi connectivity index (χ0n) is 13.2. The second-order valence-corrected chi connectivity index (χ2v) is 5.30. The van der Waals surface area contributed by atoms with Gasteiger partial charge in [0.15, 0.2) is 5.78 Å². The van der Waals surface area contributed by atoms with Crippen molar-refractivity contribution in [2.75, 3.05) is 19.0 Å². The van der Waals surface area contributed by atoms with Crippen molar-refractivity contribution in [3.63, 3.8) is 0 Å². The fourth-order valence-corrected chi connectivity index (χ4v) is 2.16. The molecule has 1 aromatic carbocycles. The van der Waals surface area contributed by atoms with Gasteiger partial charge in [0, 0.05) is 19.8 Å². The Hall–Kier alpha value is -2.69. The van der Waals surface area contributed by atoms with Crippen molar-refractivity contribution in [1.82, 2.24) is 9.97 Å². The number of rotatable bonds is 4. The maximum atomic E-state index is 12.2. The number of allylic oxidation sites excluding steroid dienone is 1. The van der Waals surface area contributed by atoms with Crippen molar-refractivity contribution in [1.29, 1.82) is 0 Å². The second kappa shape index (κ2) is 6.39. The first-order valence-corrected chi connectivity index (χ1v) is 6.96. The molecule has 1 heterocycles. The first-order valence-electron chi connectivity index (χ1n) is 6.96. The first-order chi connectivity index (χ1) is 10.4. The van der Waals surface area contributed by atoms with E-state index in [9.17, 15) is 9.59 Å². The molecule has 0 radical (unpaired) electrons. The zero-order valence-corrected chi connectivity index (χ0v) is 13.2. The van der Waals surface area contributed by atoms with E-state index < -0.39 is 5.56 Å². The molecule has 0 amide bonds. The predicted molar refractivity (Wildman–Crippen MR) is 88.5 cm³/mol. The van der Waals surface area contributed by atoms with E-state index in [1.165, 1.54) is 6.08 Å². The Morgan fingerprint density at radius 1 is 1.18 bits per heavy atom. The van der Waals surface area contributed by atoms with Gasteiger partial charge in [0.1, 0.15) is 11.4 Å². The van der Waals surface area contributed by atoms with Crippen LogP contribution >= 0.6 is 0 Å². The number of benzene rings is 1. The van der Waals surface area contributed by atoms with Gasteiger partial charge in [-0.3, -0.25) is 9.59 Å². The molecule has 0 aliphatic heterocycles. The molecule has 0 atom stereocenters. The van der Waals surface area contributed by atoms with Crippen LogP contribution in [0.1, 0.15) is 27.4 Å². The smallest absolute Gasteiger partial charge is 0.262 e. The summed E-state index contributed by atoms with van der Waals surface area (Å²) in [5.74, 6) is 0.158. The molecule has 0 unspecified atom stereocenters. The molecule has 114 valence electrons. The topological polar surface area (TPSA) is 66.1 Å². The third kappa shape index (κ3) is 3.49. The van der Waals surface area contributed by atoms with Crippen LogP contribution < -0.4 is 10.5 Å². The molecule has 22 heavy (non-hydrogen) atoms. The van der Waals surface area contributed by atoms with Crippen LogP contribution in [0.2, 0.25) is 0 Å². The Morgan fingerprint density at radius 2 is 1.82 bits per heavy atom. The number of nitrogens with zero attached hydrogens (tertiary/aromatic N) is 2. The molecule has 0 spiro atoms. The quantitative estimate of drug-likeness (QED) is 0.695. The Balaban J connectivity index is 2.23. The third-order valence-corrected chi connectivity index (χ3v) is 3.30. The maximum Gasteiger partial charge on any atom is 0.262 e. The number of aryl methyl sites for hydroxylation is 2. The van der Waals surface area contributed by atoms with Crippen molar-refractivity contribution in [2.45, 2.75) is 13.8 Å². The fourth-order valence-electron chi connectivity index (χ4n) is 2.16. The molecular weight excluding hydrogens is 278 g/mol. The van der Waals surface area contributed by atoms with Crippen LogP contribution in [0.25, 0.3) is 6.08 Å². The minimum Gasteiger partial charge on any atom is -0.378 e. The van der Waals surface area contributed by atoms with E-state index >= 15 is 0 Å². The summed E-state index contributed by atoms with van der Waals surface area (Å²) in [6, 6.07) is 7.78. The molecule has 1 N–H and O–H groups in total. The van der Waals surface area contributed by atoms with E-state index in [0.29, 0.717) is 11.5 Å². The van der Waals surface area contributed by atoms with Crippen molar-refractivity contribution in [3.8, 4) is 0 Å². The Kier molecular flexibility index (Phi) is 4.56. The van der Waals surface area contributed by atoms with Gasteiger partial charge in [0.05, 0.1) is 5.69 Å². The highest BCUT2D eigenvalue weighted by atomic mass is 16.1. The van der Waals surface area contributed by atoms with Crippen LogP contribution in [0.5, 0.6) is 0 Å². The number of hydrogen-bond donors (Lipinski definition) is 1. The fraction of sp³-hybridized carbons (Fsp3) is 0.235. The van der Waals surface area contributed by atoms with E-state index in [1.54, 1.807) is 19.9 Å². The molecule has 0 aliphatic rings. The van der Waals surface area contributed by atoms with E-state index in [0.717, 1.165) is 11.3 Å². The minimum atomic E-state index is -0.400. The van der Waals surface area contributed by atoms with Crippen molar-refractivity contribution in [3.05, 3.63) is 63.3 Å². The van der Waals surface area contributed by atoms with Crippen molar-refractivity contribution in [2.24, 2.45) is 0 Å². The first kappa shape index (κ1) is 15.7. The van der Waals surface area contributed by atoms with Gasteiger partial charge in [0.2, 0.25) is 0 Å². The number of hydrogen-bond acceptors (Lipinski definition) is 4. The number of carbonyl (C=O) groups excluding carboxylic acids is 1. The monoisotopic (exact) mass is 297 g/mol. The molecule has 1 aromatic heterocycles. The summed E-state index contributed by atoms with van der Waals surface area (Å²) in [6.07, 6.45) is 3.10. The molecule has 2 rings (SSSR count). The molecule has 0 saturated heterocycles. The van der Waals surface area contributed by atoms with Gasteiger partial charge in [0.25, 0.3) is 5.56 Å². The highest BCUT2D eigenvalue weighted by Crippen LogP contribution is 2.13. The molecule has 2 aromatic rings. The SMILES string of the molecule is Cc1nc(C)c(C(=O)/C=C/c2ccc(N(C)C)cc2)c(=O)[nH]1. The highest BCUT2D eigenvalue weighted by molar-refractivity contribution is 6.07. The Bertz CT molecular complexity index is 771. The lowest BCUT2D eigenvalue weighted by molar-refractivity contribution is 0.104. The lowest BCUT2D eigenvalue weighted by Crippen LogP contribution is -2.21. The van der Waals surface area contributed by atoms with E-state index in [4.69, 9.17) is 0 Å². The van der Waals surface area contributed by atoms with Gasteiger partial charge in [-0.25, -0.2) is 4.98 Å². The molecular formula is C17H19N3O2. The predicted octanol–water partition coefficient (Wildman–Crippen LogP) is 2.35. The second-order valence-electron chi connectivity index (χ2n) is 5.30. The number of aromatic nitrogens is 2. The number of H-pyrrole nitrogens is 1. The van der Waals surface area contributed by atoms with Gasteiger partial charge < -0.3 is 9.88 Å². The van der Waals surface area contributed by atoms with E-state index in [2.05, 4.69) is 9.97 Å². The number of ketones is 1. The summed E-state index contributed by atoms with van der Waals surface area (Å²) in [5, 5.41) is 0. The summed E-state index contributed by atoms with van der Waals surface area (Å²) in [7, 11) is 3.93. The summed E-state index contributed by atoms with van der Waals surface area (Å²) in [6.45, 7) is 3.35. The molecule has 5 nitrogen and oxygen atoms in total. The molecule has 0 saturated carbocycles. The molecule has 0 bridgehead atoms. The van der Waals surface area contributed by atoms with Crippen LogP contribution in [0.4, 0.5) is 5.69 Å². The molecule has 5 heteroatoms. The van der Waals surface area contributed by atoms with Crippen molar-refractivity contribution >= 4 is 17.5 Å². The van der Waals surface area contributed by atoms with E-state index in [-0.39, 0.29) is 11.3 Å². The largest absolute Gasteiger partial charge is 0.378 e. The Labute approximate surface area is 129 Å². The third-order valence-electron chi connectivity index (χ3n) is 3.30. The molecule has 0 fully saturated rings. The van der Waals surface area contributed by atoms with Gasteiger partial charge in [-0.05, 0) is 37.6 Å². The van der Waals surface area contributed by atoms with Gasteiger partial charge in [-0.2, -0.15) is 0 Å². The Morgan fingerprint density at radius 3 is 2.36 bits per heavy atom. The number of aromatic amines is 1. The van der Waals surface area contributed by atoms with Crippen LogP contribution in [-0.2, 0) is 0 Å². The standard InChI is InChI=1S/C17H19N3O2/c1-11-16(17(22)19-12(2)18-11)15(21)10-7-13-5-8-14(9-6-13)20(3)4/h5-10H,1-4H3,(H,18,19,22)/b10-7+. The molecule has 0 aliphatic carbocycles. The van der Waals surface area contributed by atoms with Crippen LogP contribution in [0.3, 0.4) is 0 Å². The highest BCUT2D eigenvalue weighted by Gasteiger charge is 2.12. The van der Waals surface area contributed by atoms with Crippen LogP contribution in [-0.4, -0.2) is 29.8 Å². The number of carbonyl (C=O) groups is 1. The number of nitrogens with one attached hydrogen (secondary N) is 1. The van der Waals surface area contributed by atoms with Gasteiger partial charge in [-0.1, -0.05) is 18.2 Å². The van der Waals surface area contributed by atoms with Crippen LogP contribution in [0.15, 0.2) is 35.1 Å². The summed E-state index contributed by atoms with van der Waals surface area (Å²) < 4.78 is 0. The average molecular weight is 297 g/mol. The normalized spacial score (nSPS) is 10.9. The van der Waals surface area contributed by atoms with Gasteiger partial charge in [-0.15, -0.1) is 0 Å². The lowest BCUT2D eigenvalue weighted by atomic mass is 10.1.